The van der Waals surface area contributed by atoms with Crippen molar-refractivity contribution >= 4 is 16.7 Å². The Morgan fingerprint density at radius 1 is 0.824 bits per heavy atom. The maximum absolute atomic E-state index is 6.28. The van der Waals surface area contributed by atoms with Gasteiger partial charge in [-0.25, -0.2) is 9.67 Å². The molecule has 6 rings (SSSR count). The number of ether oxygens (including phenoxy) is 3. The van der Waals surface area contributed by atoms with Crippen LogP contribution in [-0.2, 0) is 0 Å². The minimum Gasteiger partial charge on any atom is -0.493 e. The van der Waals surface area contributed by atoms with E-state index in [2.05, 4.69) is 20.5 Å². The molecular weight excluding hydrogens is 434 g/mol. The summed E-state index contributed by atoms with van der Waals surface area (Å²) in [6, 6.07) is 22.9. The number of para-hydroxylation sites is 2. The van der Waals surface area contributed by atoms with Crippen LogP contribution in [0.25, 0.3) is 33.8 Å². The van der Waals surface area contributed by atoms with Gasteiger partial charge >= 0.3 is 0 Å². The number of nitrogens with zero attached hydrogens (tertiary/aromatic N) is 6. The van der Waals surface area contributed by atoms with Crippen LogP contribution in [-0.4, -0.2) is 49.0 Å². The topological polar surface area (TPSA) is 104 Å². The molecule has 168 valence electrons. The standard InChI is InChI=1S/C24H19N7O3/c1-32-18-13-8-14-19(33-2)21(18)34-24-20(30-17-12-7-6-11-16(17)26-29-30)23-25-22(27-31(23)28-24)15-9-4-3-5-10-15/h3-14H,1-2H3,(H,25,27). The van der Waals surface area contributed by atoms with Gasteiger partial charge in [0.15, 0.2) is 23.0 Å². The van der Waals surface area contributed by atoms with Crippen molar-refractivity contribution in [3.8, 4) is 40.2 Å². The Balaban J connectivity index is 1.58. The van der Waals surface area contributed by atoms with Crippen LogP contribution in [0.1, 0.15) is 0 Å². The first kappa shape index (κ1) is 19.8. The molecule has 10 heteroatoms. The van der Waals surface area contributed by atoms with E-state index in [1.807, 2.05) is 60.7 Å². The minimum absolute atomic E-state index is 0.261. The zero-order valence-electron chi connectivity index (χ0n) is 18.3. The van der Waals surface area contributed by atoms with Gasteiger partial charge in [-0.05, 0) is 24.3 Å². The molecule has 0 aliphatic heterocycles. The molecule has 0 unspecified atom stereocenters. The Morgan fingerprint density at radius 2 is 1.56 bits per heavy atom. The van der Waals surface area contributed by atoms with Crippen molar-refractivity contribution in [2.45, 2.75) is 0 Å². The second-order valence-corrected chi connectivity index (χ2v) is 7.41. The van der Waals surface area contributed by atoms with E-state index in [1.54, 1.807) is 35.7 Å². The molecule has 1 N–H and O–H groups in total. The van der Waals surface area contributed by atoms with Gasteiger partial charge in [-0.1, -0.05) is 53.7 Å². The first-order valence-corrected chi connectivity index (χ1v) is 10.5. The highest BCUT2D eigenvalue weighted by atomic mass is 16.5. The number of aromatic amines is 1. The van der Waals surface area contributed by atoms with Gasteiger partial charge in [0.05, 0.1) is 19.7 Å². The molecule has 0 amide bonds. The highest BCUT2D eigenvalue weighted by Gasteiger charge is 2.25. The SMILES string of the molecule is COc1cccc(OC)c1Oc1nn2[nH]c(-c3ccccc3)nc2c1-n1nnc2ccccc21. The molecule has 0 aliphatic carbocycles. The van der Waals surface area contributed by atoms with Crippen molar-refractivity contribution in [1.82, 2.24) is 34.8 Å². The molecule has 10 nitrogen and oxygen atoms in total. The number of fused-ring (bicyclic) bond motifs is 2. The fourth-order valence-electron chi connectivity index (χ4n) is 3.82. The van der Waals surface area contributed by atoms with E-state index in [4.69, 9.17) is 19.2 Å². The van der Waals surface area contributed by atoms with Crippen LogP contribution in [0, 0.1) is 0 Å². The molecule has 34 heavy (non-hydrogen) atoms. The van der Waals surface area contributed by atoms with Crippen molar-refractivity contribution in [3.05, 3.63) is 72.8 Å². The van der Waals surface area contributed by atoms with Crippen molar-refractivity contribution in [1.29, 1.82) is 0 Å². The molecule has 0 atom stereocenters. The molecule has 0 saturated heterocycles. The third-order valence-corrected chi connectivity index (χ3v) is 5.43. The van der Waals surface area contributed by atoms with Gasteiger partial charge in [0.1, 0.15) is 5.52 Å². The van der Waals surface area contributed by atoms with Gasteiger partial charge in [0.2, 0.25) is 11.4 Å². The molecule has 0 aliphatic rings. The lowest BCUT2D eigenvalue weighted by Gasteiger charge is -2.13. The van der Waals surface area contributed by atoms with Crippen LogP contribution in [0.4, 0.5) is 0 Å². The number of aromatic nitrogens is 7. The second-order valence-electron chi connectivity index (χ2n) is 7.41. The first-order chi connectivity index (χ1) is 16.8. The predicted molar refractivity (Wildman–Crippen MR) is 125 cm³/mol. The number of H-pyrrole nitrogens is 1. The van der Waals surface area contributed by atoms with Crippen LogP contribution < -0.4 is 14.2 Å². The van der Waals surface area contributed by atoms with Crippen LogP contribution in [0.2, 0.25) is 0 Å². The maximum Gasteiger partial charge on any atom is 0.269 e. The first-order valence-electron chi connectivity index (χ1n) is 10.5. The van der Waals surface area contributed by atoms with Gasteiger partial charge in [-0.15, -0.1) is 14.8 Å². The molecule has 6 aromatic rings. The van der Waals surface area contributed by atoms with E-state index >= 15 is 0 Å². The van der Waals surface area contributed by atoms with Gasteiger partial charge in [0, 0.05) is 5.56 Å². The van der Waals surface area contributed by atoms with E-state index in [1.165, 1.54) is 0 Å². The monoisotopic (exact) mass is 453 g/mol. The number of rotatable bonds is 6. The van der Waals surface area contributed by atoms with Gasteiger partial charge in [-0.3, -0.25) is 5.10 Å². The Bertz CT molecular complexity index is 1600. The number of methoxy groups -OCH3 is 2. The largest absolute Gasteiger partial charge is 0.493 e. The van der Waals surface area contributed by atoms with Gasteiger partial charge < -0.3 is 14.2 Å². The summed E-state index contributed by atoms with van der Waals surface area (Å²) < 4.78 is 20.5. The lowest BCUT2D eigenvalue weighted by Crippen LogP contribution is -2.01. The molecule has 3 aromatic carbocycles. The van der Waals surface area contributed by atoms with Crippen molar-refractivity contribution < 1.29 is 14.2 Å². The summed E-state index contributed by atoms with van der Waals surface area (Å²) in [6.07, 6.45) is 0. The number of hydrogen-bond donors (Lipinski definition) is 1. The maximum atomic E-state index is 6.28. The minimum atomic E-state index is 0.261. The Morgan fingerprint density at radius 3 is 2.32 bits per heavy atom. The summed E-state index contributed by atoms with van der Waals surface area (Å²) in [5.74, 6) is 2.32. The molecule has 0 bridgehead atoms. The van der Waals surface area contributed by atoms with Crippen LogP contribution >= 0.6 is 0 Å². The quantitative estimate of drug-likeness (QED) is 0.402. The van der Waals surface area contributed by atoms with Crippen molar-refractivity contribution in [3.63, 3.8) is 0 Å². The average Bonchev–Trinajstić information content (AvgIpc) is 3.57. The predicted octanol–water partition coefficient (Wildman–Crippen LogP) is 4.27. The highest BCUT2D eigenvalue weighted by molar-refractivity contribution is 5.80. The zero-order valence-corrected chi connectivity index (χ0v) is 18.3. The molecule has 0 radical (unpaired) electrons. The van der Waals surface area contributed by atoms with E-state index in [9.17, 15) is 0 Å². The van der Waals surface area contributed by atoms with E-state index in [0.717, 1.165) is 16.6 Å². The molecule has 0 fully saturated rings. The summed E-state index contributed by atoms with van der Waals surface area (Å²) in [5, 5.41) is 16.5. The third-order valence-electron chi connectivity index (χ3n) is 5.43. The smallest absolute Gasteiger partial charge is 0.269 e. The fourth-order valence-corrected chi connectivity index (χ4v) is 3.82. The Labute approximate surface area is 193 Å². The summed E-state index contributed by atoms with van der Waals surface area (Å²) >= 11 is 0. The normalized spacial score (nSPS) is 11.2. The third kappa shape index (κ3) is 3.12. The van der Waals surface area contributed by atoms with Crippen molar-refractivity contribution in [2.24, 2.45) is 0 Å². The molecule has 3 aromatic heterocycles. The average molecular weight is 453 g/mol. The number of nitrogens with one attached hydrogen (secondary N) is 1. The number of benzene rings is 3. The van der Waals surface area contributed by atoms with Crippen LogP contribution in [0.15, 0.2) is 72.8 Å². The second kappa shape index (κ2) is 7.93. The zero-order chi connectivity index (χ0) is 23.1. The van der Waals surface area contributed by atoms with E-state index < -0.39 is 0 Å². The van der Waals surface area contributed by atoms with Gasteiger partial charge in [-0.2, -0.15) is 0 Å². The fraction of sp³-hybridized carbons (Fsp3) is 0.0833. The van der Waals surface area contributed by atoms with Crippen LogP contribution in [0.3, 0.4) is 0 Å². The Hall–Kier alpha value is -4.86. The summed E-state index contributed by atoms with van der Waals surface area (Å²) in [5.41, 5.74) is 3.51. The number of hydrogen-bond acceptors (Lipinski definition) is 7. The highest BCUT2D eigenvalue weighted by Crippen LogP contribution is 2.42. The van der Waals surface area contributed by atoms with E-state index in [0.29, 0.717) is 34.4 Å². The summed E-state index contributed by atoms with van der Waals surface area (Å²) in [4.78, 5) is 4.81. The van der Waals surface area contributed by atoms with Crippen molar-refractivity contribution in [2.75, 3.05) is 14.2 Å². The summed E-state index contributed by atoms with van der Waals surface area (Å²) in [7, 11) is 3.14. The Kier molecular flexibility index (Phi) is 4.61. The molecular formula is C24H19N7O3. The lowest BCUT2D eigenvalue weighted by molar-refractivity contribution is 0.340. The van der Waals surface area contributed by atoms with E-state index in [-0.39, 0.29) is 5.88 Å². The molecule has 0 saturated carbocycles. The molecule has 3 heterocycles. The van der Waals surface area contributed by atoms with Crippen LogP contribution in [0.5, 0.6) is 23.1 Å². The summed E-state index contributed by atoms with van der Waals surface area (Å²) in [6.45, 7) is 0. The molecule has 0 spiro atoms. The lowest BCUT2D eigenvalue weighted by atomic mass is 10.2. The van der Waals surface area contributed by atoms with Gasteiger partial charge in [0.25, 0.3) is 5.88 Å².